The van der Waals surface area contributed by atoms with Crippen molar-refractivity contribution in [3.63, 3.8) is 0 Å². The number of fused-ring (bicyclic) bond motifs is 1. The lowest BCUT2D eigenvalue weighted by Gasteiger charge is -2.02. The van der Waals surface area contributed by atoms with Crippen molar-refractivity contribution in [3.05, 3.63) is 58.2 Å². The van der Waals surface area contributed by atoms with Crippen LogP contribution in [-0.2, 0) is 11.2 Å². The van der Waals surface area contributed by atoms with Gasteiger partial charge < -0.3 is 10.5 Å². The van der Waals surface area contributed by atoms with Gasteiger partial charge in [0.2, 0.25) is 5.70 Å². The first-order valence-corrected chi connectivity index (χ1v) is 8.07. The summed E-state index contributed by atoms with van der Waals surface area (Å²) in [5.74, 6) is -0.0587. The molecule has 0 unspecified atom stereocenters. The number of ether oxygens (including phenoxy) is 1. The number of allylic oxidation sites excluding steroid dienone is 3. The van der Waals surface area contributed by atoms with Crippen molar-refractivity contribution in [3.8, 4) is 0 Å². The van der Waals surface area contributed by atoms with E-state index in [2.05, 4.69) is 16.7 Å². The van der Waals surface area contributed by atoms with E-state index in [9.17, 15) is 14.9 Å². The molecule has 26 heavy (non-hydrogen) atoms. The zero-order valence-corrected chi connectivity index (χ0v) is 15.1. The zero-order valence-electron chi connectivity index (χ0n) is 15.1. The second-order valence-corrected chi connectivity index (χ2v) is 5.18. The largest absolute Gasteiger partial charge is 0.462 e. The minimum absolute atomic E-state index is 0.229. The van der Waals surface area contributed by atoms with Gasteiger partial charge in [0, 0.05) is 18.7 Å². The van der Waals surface area contributed by atoms with Crippen LogP contribution in [0.1, 0.15) is 43.1 Å². The number of nitro groups is 1. The molecule has 2 rings (SSSR count). The maximum atomic E-state index is 11.9. The Balaban J connectivity index is 0.000000359. The smallest absolute Gasteiger partial charge is 0.340 e. The first kappa shape index (κ1) is 20.8. The summed E-state index contributed by atoms with van der Waals surface area (Å²) in [5, 5.41) is 13.9. The number of hydrogen-bond acceptors (Lipinski definition) is 7. The summed E-state index contributed by atoms with van der Waals surface area (Å²) in [4.78, 5) is 25.2. The van der Waals surface area contributed by atoms with Gasteiger partial charge in [-0.25, -0.2) is 14.3 Å². The van der Waals surface area contributed by atoms with Crippen molar-refractivity contribution in [1.29, 1.82) is 0 Å². The van der Waals surface area contributed by atoms with Gasteiger partial charge in [0.05, 0.1) is 17.1 Å². The Hall–Kier alpha value is -3.23. The van der Waals surface area contributed by atoms with Crippen LogP contribution in [0.4, 0.5) is 5.82 Å². The van der Waals surface area contributed by atoms with Crippen LogP contribution in [0.2, 0.25) is 0 Å². The average Bonchev–Trinajstić information content (AvgIpc) is 2.96. The van der Waals surface area contributed by atoms with Crippen molar-refractivity contribution < 1.29 is 14.5 Å². The number of anilines is 1. The Morgan fingerprint density at radius 1 is 1.50 bits per heavy atom. The molecule has 0 aliphatic rings. The molecule has 2 heterocycles. The van der Waals surface area contributed by atoms with Crippen molar-refractivity contribution in [1.82, 2.24) is 14.6 Å². The Morgan fingerprint density at radius 2 is 2.19 bits per heavy atom. The summed E-state index contributed by atoms with van der Waals surface area (Å²) in [6.45, 7) is 9.11. The molecular formula is C17H23N5O4. The number of hydrogen-bond donors (Lipinski definition) is 1. The van der Waals surface area contributed by atoms with E-state index in [4.69, 9.17) is 10.5 Å². The van der Waals surface area contributed by atoms with Crippen LogP contribution >= 0.6 is 0 Å². The number of rotatable bonds is 6. The average molecular weight is 361 g/mol. The van der Waals surface area contributed by atoms with Crippen molar-refractivity contribution in [2.75, 3.05) is 12.3 Å². The van der Waals surface area contributed by atoms with Gasteiger partial charge in [-0.05, 0) is 25.8 Å². The molecule has 0 aliphatic heterocycles. The maximum Gasteiger partial charge on any atom is 0.340 e. The summed E-state index contributed by atoms with van der Waals surface area (Å²) < 4.78 is 6.54. The number of nitrogen functional groups attached to an aromatic ring is 1. The third-order valence-corrected chi connectivity index (χ3v) is 3.34. The second kappa shape index (κ2) is 9.92. The van der Waals surface area contributed by atoms with Gasteiger partial charge in [-0.15, -0.1) is 6.58 Å². The Labute approximate surface area is 151 Å². The van der Waals surface area contributed by atoms with Crippen LogP contribution in [0.15, 0.2) is 37.0 Å². The lowest BCUT2D eigenvalue weighted by atomic mass is 10.1. The normalized spacial score (nSPS) is 10.8. The van der Waals surface area contributed by atoms with E-state index in [1.807, 2.05) is 6.92 Å². The lowest BCUT2D eigenvalue weighted by molar-refractivity contribution is -0.424. The number of carbonyl (C=O) groups excluding carboxylic acids is 1. The van der Waals surface area contributed by atoms with Gasteiger partial charge in [0.15, 0.2) is 5.82 Å². The van der Waals surface area contributed by atoms with Gasteiger partial charge in [0.1, 0.15) is 11.8 Å². The second-order valence-electron chi connectivity index (χ2n) is 5.18. The van der Waals surface area contributed by atoms with Gasteiger partial charge in [0.25, 0.3) is 0 Å². The summed E-state index contributed by atoms with van der Waals surface area (Å²) in [7, 11) is 0. The number of nitrogens with zero attached hydrogens (tertiary/aromatic N) is 4. The number of esters is 1. The Morgan fingerprint density at radius 3 is 2.69 bits per heavy atom. The monoisotopic (exact) mass is 361 g/mol. The minimum atomic E-state index is -0.390. The lowest BCUT2D eigenvalue weighted by Crippen LogP contribution is -2.06. The van der Waals surface area contributed by atoms with Crippen molar-refractivity contribution >= 4 is 17.3 Å². The zero-order chi connectivity index (χ0) is 19.7. The summed E-state index contributed by atoms with van der Waals surface area (Å²) in [5.41, 5.74) is 7.86. The van der Waals surface area contributed by atoms with Crippen molar-refractivity contribution in [2.24, 2.45) is 0 Å². The van der Waals surface area contributed by atoms with E-state index in [-0.39, 0.29) is 16.6 Å². The van der Waals surface area contributed by atoms with Gasteiger partial charge in [-0.3, -0.25) is 10.1 Å². The van der Waals surface area contributed by atoms with E-state index >= 15 is 0 Å². The fraction of sp³-hybridized carbons (Fsp3) is 0.353. The molecule has 9 heteroatoms. The Bertz CT molecular complexity index is 826. The summed E-state index contributed by atoms with van der Waals surface area (Å²) >= 11 is 0. The molecule has 0 bridgehead atoms. The predicted molar refractivity (Wildman–Crippen MR) is 98.3 cm³/mol. The SMILES string of the molecule is C=CCc1c(C(=O)OCC)cn2ncnc(N)c12.CC/C=C(\C)[N+](=O)[O-]. The molecule has 0 amide bonds. The number of carbonyl (C=O) groups is 1. The van der Waals surface area contributed by atoms with Crippen LogP contribution in [0.3, 0.4) is 0 Å². The van der Waals surface area contributed by atoms with Gasteiger partial charge in [-0.1, -0.05) is 13.0 Å². The molecule has 0 atom stereocenters. The van der Waals surface area contributed by atoms with Crippen molar-refractivity contribution in [2.45, 2.75) is 33.6 Å². The van der Waals surface area contributed by atoms with Crippen LogP contribution in [-0.4, -0.2) is 32.1 Å². The highest BCUT2D eigenvalue weighted by molar-refractivity contribution is 5.95. The van der Waals surface area contributed by atoms with E-state index < -0.39 is 0 Å². The quantitative estimate of drug-likeness (QED) is 0.363. The molecule has 0 radical (unpaired) electrons. The van der Waals surface area contributed by atoms with E-state index in [1.54, 1.807) is 25.3 Å². The fourth-order valence-electron chi connectivity index (χ4n) is 2.20. The molecule has 0 aromatic carbocycles. The molecule has 2 N–H and O–H groups in total. The molecule has 0 fully saturated rings. The van der Waals surface area contributed by atoms with Crippen LogP contribution in [0, 0.1) is 10.1 Å². The van der Waals surface area contributed by atoms with Crippen LogP contribution in [0.25, 0.3) is 5.52 Å². The summed E-state index contributed by atoms with van der Waals surface area (Å²) in [6.07, 6.45) is 7.46. The van der Waals surface area contributed by atoms with Gasteiger partial charge in [-0.2, -0.15) is 5.10 Å². The highest BCUT2D eigenvalue weighted by Crippen LogP contribution is 2.23. The molecule has 0 aliphatic carbocycles. The number of aromatic nitrogens is 3. The standard InChI is InChI=1S/C12H14N4O2.C5H9NO2/c1-3-5-8-9(12(17)18-4-2)6-16-10(8)11(13)14-7-15-16;1-3-4-5(2)6(7)8/h3,6-7H,1,4-5H2,2H3,(H2,13,14,15);4H,3H2,1-2H3/b;5-4+. The topological polar surface area (TPSA) is 126 Å². The van der Waals surface area contributed by atoms with E-state index in [0.29, 0.717) is 29.9 Å². The van der Waals surface area contributed by atoms with Crippen LogP contribution < -0.4 is 5.73 Å². The first-order chi connectivity index (χ1) is 12.4. The highest BCUT2D eigenvalue weighted by Gasteiger charge is 2.19. The molecule has 0 saturated carbocycles. The Kier molecular flexibility index (Phi) is 7.94. The van der Waals surface area contributed by atoms with Gasteiger partial charge >= 0.3 is 5.97 Å². The molecule has 2 aromatic rings. The summed E-state index contributed by atoms with van der Waals surface area (Å²) in [6, 6.07) is 0. The minimum Gasteiger partial charge on any atom is -0.462 e. The predicted octanol–water partition coefficient (Wildman–Crippen LogP) is 2.79. The number of nitrogens with two attached hydrogens (primary N) is 1. The maximum absolute atomic E-state index is 11.9. The van der Waals surface area contributed by atoms with Crippen LogP contribution in [0.5, 0.6) is 0 Å². The molecule has 9 nitrogen and oxygen atoms in total. The van der Waals surface area contributed by atoms with E-state index in [0.717, 1.165) is 12.0 Å². The fourth-order valence-corrected chi connectivity index (χ4v) is 2.20. The third kappa shape index (κ3) is 5.13. The molecular weight excluding hydrogens is 338 g/mol. The highest BCUT2D eigenvalue weighted by atomic mass is 16.6. The van der Waals surface area contributed by atoms with E-state index in [1.165, 1.54) is 17.8 Å². The molecule has 0 saturated heterocycles. The third-order valence-electron chi connectivity index (χ3n) is 3.34. The first-order valence-electron chi connectivity index (χ1n) is 8.07. The molecule has 140 valence electrons. The molecule has 0 spiro atoms. The molecule has 2 aromatic heterocycles.